The third kappa shape index (κ3) is 3.76. The van der Waals surface area contributed by atoms with Crippen LogP contribution >= 0.6 is 11.6 Å². The Morgan fingerprint density at radius 3 is 2.53 bits per heavy atom. The van der Waals surface area contributed by atoms with E-state index in [1.165, 1.54) is 18.5 Å². The third-order valence-electron chi connectivity index (χ3n) is 3.20. The smallest absolute Gasteiger partial charge is 0.0366 e. The van der Waals surface area contributed by atoms with Crippen LogP contribution in [0.4, 0.5) is 5.69 Å². The second-order valence-corrected chi connectivity index (χ2v) is 5.03. The number of halogens is 1. The summed E-state index contributed by atoms with van der Waals surface area (Å²) in [5.74, 6) is 0. The van der Waals surface area contributed by atoms with E-state index < -0.39 is 0 Å². The zero-order chi connectivity index (χ0) is 12.1. The predicted molar refractivity (Wildman–Crippen MR) is 74.7 cm³/mol. The molecule has 1 N–H and O–H groups in total. The van der Waals surface area contributed by atoms with Gasteiger partial charge in [0.05, 0.1) is 0 Å². The zero-order valence-corrected chi connectivity index (χ0v) is 10.8. The molecule has 2 rings (SSSR count). The van der Waals surface area contributed by atoms with E-state index in [1.807, 2.05) is 0 Å². The van der Waals surface area contributed by atoms with Crippen molar-refractivity contribution >= 4 is 17.3 Å². The van der Waals surface area contributed by atoms with Gasteiger partial charge in [-0.05, 0) is 25.0 Å². The normalized spacial score (nSPS) is 17.1. The van der Waals surface area contributed by atoms with E-state index in [2.05, 4.69) is 47.1 Å². The van der Waals surface area contributed by atoms with Gasteiger partial charge in [-0.15, -0.1) is 0 Å². The molecule has 1 aliphatic heterocycles. The van der Waals surface area contributed by atoms with E-state index in [0.29, 0.717) is 11.1 Å². The van der Waals surface area contributed by atoms with Gasteiger partial charge in [-0.2, -0.15) is 0 Å². The maximum Gasteiger partial charge on any atom is 0.0366 e. The summed E-state index contributed by atoms with van der Waals surface area (Å²) in [5, 5.41) is 4.13. The maximum atomic E-state index is 5.75. The van der Waals surface area contributed by atoms with E-state index in [9.17, 15) is 0 Å². The highest BCUT2D eigenvalue weighted by Gasteiger charge is 2.18. The van der Waals surface area contributed by atoms with Gasteiger partial charge in [-0.25, -0.2) is 0 Å². The van der Waals surface area contributed by atoms with Crippen molar-refractivity contribution < 1.29 is 0 Å². The van der Waals surface area contributed by atoms with Gasteiger partial charge in [0.15, 0.2) is 0 Å². The van der Waals surface area contributed by atoms with Crippen molar-refractivity contribution in [1.29, 1.82) is 0 Å². The van der Waals surface area contributed by atoms with Crippen LogP contribution < -0.4 is 10.2 Å². The molecule has 92 valence electrons. The molecule has 1 saturated heterocycles. The lowest BCUT2D eigenvalue weighted by Crippen LogP contribution is -2.42. The van der Waals surface area contributed by atoms with Crippen molar-refractivity contribution in [3.63, 3.8) is 0 Å². The number of nitrogens with zero attached hydrogens (tertiary/aromatic N) is 1. The molecule has 0 saturated carbocycles. The predicted octanol–water partition coefficient (Wildman–Crippen LogP) is 3.00. The largest absolute Gasteiger partial charge is 0.371 e. The van der Waals surface area contributed by atoms with Crippen LogP contribution in [0.1, 0.15) is 12.8 Å². The van der Waals surface area contributed by atoms with E-state index in [-0.39, 0.29) is 0 Å². The lowest BCUT2D eigenvalue weighted by Gasteiger charge is -2.34. The van der Waals surface area contributed by atoms with Gasteiger partial charge in [0.1, 0.15) is 0 Å². The van der Waals surface area contributed by atoms with Crippen LogP contribution in [0.3, 0.4) is 0 Å². The first-order chi connectivity index (χ1) is 8.25. The SMILES string of the molecule is C=C(Cl)CNC1CCN(c2ccccc2)CC1. The average Bonchev–Trinajstić information content (AvgIpc) is 2.38. The van der Waals surface area contributed by atoms with Crippen molar-refractivity contribution in [2.45, 2.75) is 18.9 Å². The number of benzene rings is 1. The molecule has 3 heteroatoms. The highest BCUT2D eigenvalue weighted by atomic mass is 35.5. The highest BCUT2D eigenvalue weighted by molar-refractivity contribution is 6.29. The molecular formula is C14H19ClN2. The van der Waals surface area contributed by atoms with Crippen molar-refractivity contribution in [2.75, 3.05) is 24.5 Å². The van der Waals surface area contributed by atoms with Gasteiger partial charge in [0, 0.05) is 36.4 Å². The summed E-state index contributed by atoms with van der Waals surface area (Å²) in [6, 6.07) is 11.2. The Balaban J connectivity index is 1.80. The summed E-state index contributed by atoms with van der Waals surface area (Å²) in [6.45, 7) is 6.63. The zero-order valence-electron chi connectivity index (χ0n) is 10.0. The lowest BCUT2D eigenvalue weighted by molar-refractivity contribution is 0.429. The van der Waals surface area contributed by atoms with E-state index >= 15 is 0 Å². The fraction of sp³-hybridized carbons (Fsp3) is 0.429. The number of piperidine rings is 1. The Morgan fingerprint density at radius 2 is 1.94 bits per heavy atom. The van der Waals surface area contributed by atoms with E-state index in [4.69, 9.17) is 11.6 Å². The minimum atomic E-state index is 0.575. The van der Waals surface area contributed by atoms with Crippen LogP contribution in [0.15, 0.2) is 41.9 Å². The molecule has 0 atom stereocenters. The topological polar surface area (TPSA) is 15.3 Å². The summed E-state index contributed by atoms with van der Waals surface area (Å²) >= 11 is 5.75. The molecule has 0 aliphatic carbocycles. The molecule has 1 aromatic rings. The summed E-state index contributed by atoms with van der Waals surface area (Å²) in [5.41, 5.74) is 1.33. The number of anilines is 1. The van der Waals surface area contributed by atoms with E-state index in [1.54, 1.807) is 0 Å². The molecule has 0 bridgehead atoms. The minimum Gasteiger partial charge on any atom is -0.371 e. The summed E-state index contributed by atoms with van der Waals surface area (Å²) in [4.78, 5) is 2.44. The Labute approximate surface area is 108 Å². The van der Waals surface area contributed by atoms with Crippen molar-refractivity contribution in [2.24, 2.45) is 0 Å². The van der Waals surface area contributed by atoms with Gasteiger partial charge in [0.2, 0.25) is 0 Å². The van der Waals surface area contributed by atoms with Gasteiger partial charge in [-0.1, -0.05) is 36.4 Å². The summed E-state index contributed by atoms with van der Waals surface area (Å²) < 4.78 is 0. The second-order valence-electron chi connectivity index (χ2n) is 4.50. The monoisotopic (exact) mass is 250 g/mol. The van der Waals surface area contributed by atoms with Gasteiger partial charge in [-0.3, -0.25) is 0 Å². The fourth-order valence-electron chi connectivity index (χ4n) is 2.24. The highest BCUT2D eigenvalue weighted by Crippen LogP contribution is 2.19. The third-order valence-corrected chi connectivity index (χ3v) is 3.33. The number of rotatable bonds is 4. The Bertz CT molecular complexity index is 356. The molecular weight excluding hydrogens is 232 g/mol. The van der Waals surface area contributed by atoms with Gasteiger partial charge < -0.3 is 10.2 Å². The molecule has 0 unspecified atom stereocenters. The molecule has 0 amide bonds. The molecule has 0 spiro atoms. The molecule has 1 aliphatic rings. The molecule has 1 aromatic carbocycles. The van der Waals surface area contributed by atoms with Gasteiger partial charge in [0.25, 0.3) is 0 Å². The maximum absolute atomic E-state index is 5.75. The Kier molecular flexibility index (Phi) is 4.46. The number of hydrogen-bond acceptors (Lipinski definition) is 2. The fourth-order valence-corrected chi connectivity index (χ4v) is 2.31. The van der Waals surface area contributed by atoms with Crippen LogP contribution in [-0.2, 0) is 0 Å². The molecule has 0 radical (unpaired) electrons. The minimum absolute atomic E-state index is 0.575. The first-order valence-corrected chi connectivity index (χ1v) is 6.50. The lowest BCUT2D eigenvalue weighted by atomic mass is 10.0. The van der Waals surface area contributed by atoms with E-state index in [0.717, 1.165) is 19.6 Å². The second kappa shape index (κ2) is 6.08. The standard InChI is InChI=1S/C14H19ClN2/c1-12(15)11-16-13-7-9-17(10-8-13)14-5-3-2-4-6-14/h2-6,13,16H,1,7-11H2. The van der Waals surface area contributed by atoms with Crippen LogP contribution in [0.5, 0.6) is 0 Å². The van der Waals surface area contributed by atoms with Crippen molar-refractivity contribution in [3.05, 3.63) is 41.9 Å². The molecule has 1 fully saturated rings. The first kappa shape index (κ1) is 12.5. The molecule has 0 aromatic heterocycles. The van der Waals surface area contributed by atoms with Crippen LogP contribution in [-0.4, -0.2) is 25.7 Å². The quantitative estimate of drug-likeness (QED) is 0.884. The number of hydrogen-bond donors (Lipinski definition) is 1. The first-order valence-electron chi connectivity index (χ1n) is 6.12. The molecule has 2 nitrogen and oxygen atoms in total. The summed E-state index contributed by atoms with van der Waals surface area (Å²) in [6.07, 6.45) is 2.33. The number of para-hydroxylation sites is 1. The molecule has 1 heterocycles. The Hall–Kier alpha value is -0.990. The van der Waals surface area contributed by atoms with Crippen LogP contribution in [0.25, 0.3) is 0 Å². The summed E-state index contributed by atoms with van der Waals surface area (Å²) in [7, 11) is 0. The number of nitrogens with one attached hydrogen (secondary N) is 1. The Morgan fingerprint density at radius 1 is 1.29 bits per heavy atom. The average molecular weight is 251 g/mol. The van der Waals surface area contributed by atoms with Crippen molar-refractivity contribution in [3.8, 4) is 0 Å². The molecule has 17 heavy (non-hydrogen) atoms. The van der Waals surface area contributed by atoms with Crippen LogP contribution in [0, 0.1) is 0 Å². The van der Waals surface area contributed by atoms with Gasteiger partial charge >= 0.3 is 0 Å². The van der Waals surface area contributed by atoms with Crippen LogP contribution in [0.2, 0.25) is 0 Å². The van der Waals surface area contributed by atoms with Crippen molar-refractivity contribution in [1.82, 2.24) is 5.32 Å².